The van der Waals surface area contributed by atoms with E-state index in [1.165, 1.54) is 13.0 Å². The topological polar surface area (TPSA) is 66.4 Å². The molecular formula is C10H17NO3. The van der Waals surface area contributed by atoms with Crippen LogP contribution in [-0.2, 0) is 9.59 Å². The van der Waals surface area contributed by atoms with E-state index in [9.17, 15) is 9.59 Å². The highest BCUT2D eigenvalue weighted by Crippen LogP contribution is 2.04. The van der Waals surface area contributed by atoms with Gasteiger partial charge >= 0.3 is 5.97 Å². The molecule has 4 nitrogen and oxygen atoms in total. The molecule has 0 aliphatic carbocycles. The van der Waals surface area contributed by atoms with Gasteiger partial charge in [-0.25, -0.2) is 4.79 Å². The molecule has 0 fully saturated rings. The van der Waals surface area contributed by atoms with Gasteiger partial charge in [0, 0.05) is 5.70 Å². The van der Waals surface area contributed by atoms with Crippen molar-refractivity contribution in [1.82, 2.24) is 5.32 Å². The van der Waals surface area contributed by atoms with E-state index < -0.39 is 12.0 Å². The predicted molar refractivity (Wildman–Crippen MR) is 53.8 cm³/mol. The van der Waals surface area contributed by atoms with E-state index >= 15 is 0 Å². The summed E-state index contributed by atoms with van der Waals surface area (Å²) in [5, 5.41) is 11.6. The highest BCUT2D eigenvalue weighted by molar-refractivity contribution is 5.87. The zero-order valence-electron chi connectivity index (χ0n) is 9.00. The maximum atomic E-state index is 10.8. The lowest BCUT2D eigenvalue weighted by Gasteiger charge is -2.19. The average Bonchev–Trinajstić information content (AvgIpc) is 1.97. The van der Waals surface area contributed by atoms with Gasteiger partial charge in [0.25, 0.3) is 0 Å². The van der Waals surface area contributed by atoms with E-state index in [0.717, 1.165) is 0 Å². The fraction of sp³-hybridized carbons (Fsp3) is 0.600. The van der Waals surface area contributed by atoms with Crippen LogP contribution in [-0.4, -0.2) is 22.9 Å². The van der Waals surface area contributed by atoms with E-state index in [4.69, 9.17) is 5.11 Å². The molecular weight excluding hydrogens is 182 g/mol. The van der Waals surface area contributed by atoms with Gasteiger partial charge in [0.1, 0.15) is 6.04 Å². The normalized spacial score (nSPS) is 13.9. The minimum atomic E-state index is -0.906. The van der Waals surface area contributed by atoms with Crippen LogP contribution >= 0.6 is 0 Å². The molecule has 1 unspecified atom stereocenters. The summed E-state index contributed by atoms with van der Waals surface area (Å²) >= 11 is 0. The molecule has 4 heteroatoms. The van der Waals surface area contributed by atoms with Crippen LogP contribution in [0.4, 0.5) is 0 Å². The maximum Gasteiger partial charge on any atom is 0.326 e. The first-order valence-corrected chi connectivity index (χ1v) is 4.52. The Bertz CT molecular complexity index is 256. The first kappa shape index (κ1) is 12.7. The van der Waals surface area contributed by atoms with Gasteiger partial charge in [0.15, 0.2) is 5.78 Å². The number of rotatable bonds is 5. The molecule has 0 heterocycles. The average molecular weight is 199 g/mol. The minimum Gasteiger partial charge on any atom is -0.480 e. The van der Waals surface area contributed by atoms with E-state index in [1.807, 2.05) is 13.8 Å². The van der Waals surface area contributed by atoms with Crippen molar-refractivity contribution in [3.63, 3.8) is 0 Å². The van der Waals surface area contributed by atoms with Crippen LogP contribution in [0.1, 0.15) is 27.7 Å². The maximum absolute atomic E-state index is 10.8. The molecule has 0 aliphatic rings. The number of aliphatic carboxylic acids is 1. The van der Waals surface area contributed by atoms with Gasteiger partial charge in [-0.15, -0.1) is 0 Å². The first-order valence-electron chi connectivity index (χ1n) is 4.52. The monoisotopic (exact) mass is 199 g/mol. The number of carboxylic acid groups (broad SMARTS) is 1. The van der Waals surface area contributed by atoms with Crippen molar-refractivity contribution in [3.05, 3.63) is 11.8 Å². The summed E-state index contributed by atoms with van der Waals surface area (Å²) in [6.45, 7) is 6.73. The lowest BCUT2D eigenvalue weighted by molar-refractivity contribution is -0.140. The van der Waals surface area contributed by atoms with Gasteiger partial charge in [0.05, 0.1) is 0 Å². The van der Waals surface area contributed by atoms with Gasteiger partial charge in [-0.1, -0.05) is 13.8 Å². The Morgan fingerprint density at radius 3 is 2.07 bits per heavy atom. The van der Waals surface area contributed by atoms with Crippen molar-refractivity contribution < 1.29 is 14.7 Å². The fourth-order valence-corrected chi connectivity index (χ4v) is 1.11. The molecule has 0 aromatic heterocycles. The number of carbonyl (C=O) groups is 2. The Morgan fingerprint density at radius 1 is 1.29 bits per heavy atom. The molecule has 0 rings (SSSR count). The van der Waals surface area contributed by atoms with Gasteiger partial charge in [0.2, 0.25) is 0 Å². The molecule has 0 aromatic carbocycles. The second kappa shape index (κ2) is 5.42. The summed E-state index contributed by atoms with van der Waals surface area (Å²) < 4.78 is 0. The van der Waals surface area contributed by atoms with Crippen molar-refractivity contribution >= 4 is 11.8 Å². The van der Waals surface area contributed by atoms with Crippen molar-refractivity contribution in [2.45, 2.75) is 33.7 Å². The summed E-state index contributed by atoms with van der Waals surface area (Å²) in [5.74, 6) is -1.03. The summed E-state index contributed by atoms with van der Waals surface area (Å²) in [6, 6.07) is -0.648. The Balaban J connectivity index is 4.46. The second-order valence-electron chi connectivity index (χ2n) is 3.64. The van der Waals surface area contributed by atoms with E-state index in [2.05, 4.69) is 5.32 Å². The van der Waals surface area contributed by atoms with Gasteiger partial charge in [-0.3, -0.25) is 4.79 Å². The zero-order chi connectivity index (χ0) is 11.3. The molecule has 1 atom stereocenters. The Labute approximate surface area is 84.0 Å². The van der Waals surface area contributed by atoms with Crippen LogP contribution in [0.5, 0.6) is 0 Å². The van der Waals surface area contributed by atoms with Crippen LogP contribution < -0.4 is 5.32 Å². The Kier molecular flexibility index (Phi) is 4.91. The SMILES string of the molecule is CC(=O)C=C(C)NC(C(=O)O)C(C)C. The molecule has 0 saturated carbocycles. The molecule has 80 valence electrons. The quantitative estimate of drug-likeness (QED) is 0.652. The highest BCUT2D eigenvalue weighted by Gasteiger charge is 2.20. The van der Waals surface area contributed by atoms with Crippen molar-refractivity contribution in [3.8, 4) is 0 Å². The summed E-state index contributed by atoms with van der Waals surface area (Å²) in [5.41, 5.74) is 0.582. The highest BCUT2D eigenvalue weighted by atomic mass is 16.4. The first-order chi connectivity index (χ1) is 6.34. The number of allylic oxidation sites excluding steroid dienone is 2. The molecule has 2 N–H and O–H groups in total. The third-order valence-electron chi connectivity index (χ3n) is 1.74. The summed E-state index contributed by atoms with van der Waals surface area (Å²) in [6.07, 6.45) is 1.39. The van der Waals surface area contributed by atoms with Crippen LogP contribution in [0, 0.1) is 5.92 Å². The van der Waals surface area contributed by atoms with Gasteiger partial charge < -0.3 is 10.4 Å². The summed E-state index contributed by atoms with van der Waals surface area (Å²) in [4.78, 5) is 21.5. The lowest BCUT2D eigenvalue weighted by Crippen LogP contribution is -2.39. The molecule has 0 spiro atoms. The molecule has 0 bridgehead atoms. The third kappa shape index (κ3) is 4.64. The summed E-state index contributed by atoms with van der Waals surface area (Å²) in [7, 11) is 0. The van der Waals surface area contributed by atoms with E-state index in [0.29, 0.717) is 5.70 Å². The van der Waals surface area contributed by atoms with Crippen LogP contribution in [0.25, 0.3) is 0 Å². The largest absolute Gasteiger partial charge is 0.480 e. The zero-order valence-corrected chi connectivity index (χ0v) is 9.00. The van der Waals surface area contributed by atoms with Crippen LogP contribution in [0.15, 0.2) is 11.8 Å². The van der Waals surface area contributed by atoms with Gasteiger partial charge in [-0.05, 0) is 25.8 Å². The lowest BCUT2D eigenvalue weighted by atomic mass is 10.0. The van der Waals surface area contributed by atoms with E-state index in [-0.39, 0.29) is 11.7 Å². The molecule has 0 aliphatic heterocycles. The van der Waals surface area contributed by atoms with E-state index in [1.54, 1.807) is 6.92 Å². The fourth-order valence-electron chi connectivity index (χ4n) is 1.11. The van der Waals surface area contributed by atoms with Crippen molar-refractivity contribution in [1.29, 1.82) is 0 Å². The molecule has 0 radical (unpaired) electrons. The molecule has 0 saturated heterocycles. The number of hydrogen-bond donors (Lipinski definition) is 2. The standard InChI is InChI=1S/C10H17NO3/c1-6(2)9(10(13)14)11-7(3)5-8(4)12/h5-6,9,11H,1-4H3,(H,13,14). The van der Waals surface area contributed by atoms with Crippen LogP contribution in [0.2, 0.25) is 0 Å². The Morgan fingerprint density at radius 2 is 1.79 bits per heavy atom. The molecule has 0 aromatic rings. The van der Waals surface area contributed by atoms with Crippen molar-refractivity contribution in [2.75, 3.05) is 0 Å². The number of carboxylic acids is 1. The number of hydrogen-bond acceptors (Lipinski definition) is 3. The third-order valence-corrected chi connectivity index (χ3v) is 1.74. The second-order valence-corrected chi connectivity index (χ2v) is 3.64. The predicted octanol–water partition coefficient (Wildman–Crippen LogP) is 1.18. The van der Waals surface area contributed by atoms with Crippen molar-refractivity contribution in [2.24, 2.45) is 5.92 Å². The number of carbonyl (C=O) groups excluding carboxylic acids is 1. The molecule has 0 amide bonds. The number of ketones is 1. The Hall–Kier alpha value is -1.32. The van der Waals surface area contributed by atoms with Gasteiger partial charge in [-0.2, -0.15) is 0 Å². The number of nitrogens with one attached hydrogen (secondary N) is 1. The minimum absolute atomic E-state index is 0.0252. The van der Waals surface area contributed by atoms with Crippen LogP contribution in [0.3, 0.4) is 0 Å². The smallest absolute Gasteiger partial charge is 0.326 e. The molecule has 14 heavy (non-hydrogen) atoms.